The second-order valence-corrected chi connectivity index (χ2v) is 8.48. The van der Waals surface area contributed by atoms with Crippen LogP contribution in [0.5, 0.6) is 0 Å². The lowest BCUT2D eigenvalue weighted by molar-refractivity contribution is 0.414. The highest BCUT2D eigenvalue weighted by molar-refractivity contribution is 6.09. The van der Waals surface area contributed by atoms with Crippen LogP contribution in [0.2, 0.25) is 0 Å². The van der Waals surface area contributed by atoms with E-state index < -0.39 is 68.3 Å². The lowest BCUT2D eigenvalue weighted by Crippen LogP contribution is -2.07. The predicted molar refractivity (Wildman–Crippen MR) is 122 cm³/mol. The normalized spacial score (nSPS) is 12.2. The van der Waals surface area contributed by atoms with Crippen molar-refractivity contribution in [2.45, 2.75) is 0 Å². The maximum absolute atomic E-state index is 15.6. The van der Waals surface area contributed by atoms with Crippen LogP contribution in [0.4, 0.5) is 35.1 Å². The van der Waals surface area contributed by atoms with Crippen molar-refractivity contribution in [1.82, 2.24) is 18.8 Å². The Morgan fingerprint density at radius 2 is 0.763 bits per heavy atom. The van der Waals surface area contributed by atoms with Gasteiger partial charge in [0.2, 0.25) is 0 Å². The number of aromatic nitrogens is 4. The van der Waals surface area contributed by atoms with Crippen molar-refractivity contribution < 1.29 is 35.1 Å². The molecule has 0 amide bonds. The molecular weight excluding hydrogens is 520 g/mol. The Kier molecular flexibility index (Phi) is 4.37. The van der Waals surface area contributed by atoms with E-state index in [1.54, 1.807) is 12.1 Å². The summed E-state index contributed by atoms with van der Waals surface area (Å²) in [5.74, 6) is -17.5. The molecule has 38 heavy (non-hydrogen) atoms. The standard InChI is InChI=1S/C26H8F8N4/c27-15-13-14-16(28)18(30)20(32)22(34)24(14)38-12-8-4-2-6-10(12)36-26(38)25-35-9-5-1-3-7-11(9)37(25)23(13)21(33)19(31)17(15)29/h1-8H. The molecule has 4 nitrogen and oxygen atoms in total. The number of fused-ring (bicyclic) bond motifs is 12. The molecule has 0 radical (unpaired) electrons. The monoisotopic (exact) mass is 528 g/mol. The van der Waals surface area contributed by atoms with E-state index in [9.17, 15) is 17.6 Å². The number of hydrogen-bond donors (Lipinski definition) is 0. The van der Waals surface area contributed by atoms with E-state index in [0.717, 1.165) is 8.80 Å². The summed E-state index contributed by atoms with van der Waals surface area (Å²) in [6, 6.07) is 11.7. The summed E-state index contributed by atoms with van der Waals surface area (Å²) in [5, 5.41) is -2.75. The van der Waals surface area contributed by atoms with E-state index in [2.05, 4.69) is 9.97 Å². The topological polar surface area (TPSA) is 34.6 Å². The Bertz CT molecular complexity index is 2080. The minimum Gasteiger partial charge on any atom is -0.286 e. The molecule has 4 aromatic carbocycles. The van der Waals surface area contributed by atoms with Gasteiger partial charge >= 0.3 is 0 Å². The molecule has 188 valence electrons. The smallest absolute Gasteiger partial charge is 0.199 e. The Morgan fingerprint density at radius 1 is 0.421 bits per heavy atom. The summed E-state index contributed by atoms with van der Waals surface area (Å²) in [7, 11) is 0. The number of para-hydroxylation sites is 4. The Morgan fingerprint density at radius 3 is 1.16 bits per heavy atom. The van der Waals surface area contributed by atoms with Crippen molar-refractivity contribution in [2.24, 2.45) is 0 Å². The third-order valence-corrected chi connectivity index (χ3v) is 6.50. The fourth-order valence-corrected chi connectivity index (χ4v) is 4.92. The number of nitrogens with zero attached hydrogens (tertiary/aromatic N) is 4. The molecule has 0 spiro atoms. The second kappa shape index (κ2) is 7.40. The molecule has 0 fully saturated rings. The van der Waals surface area contributed by atoms with Crippen LogP contribution in [0.15, 0.2) is 48.5 Å². The van der Waals surface area contributed by atoms with Crippen LogP contribution >= 0.6 is 0 Å². The molecule has 3 heterocycles. The first-order valence-electron chi connectivity index (χ1n) is 10.9. The van der Waals surface area contributed by atoms with Gasteiger partial charge in [0.05, 0.1) is 43.9 Å². The van der Waals surface area contributed by atoms with Gasteiger partial charge in [-0.25, -0.2) is 45.1 Å². The van der Waals surface area contributed by atoms with Crippen LogP contribution in [-0.2, 0) is 0 Å². The van der Waals surface area contributed by atoms with Crippen LogP contribution in [0, 0.1) is 46.5 Å². The second-order valence-electron chi connectivity index (χ2n) is 8.48. The summed E-state index contributed by atoms with van der Waals surface area (Å²) < 4.78 is 122. The molecule has 0 unspecified atom stereocenters. The van der Waals surface area contributed by atoms with E-state index >= 15 is 17.6 Å². The maximum Gasteiger partial charge on any atom is 0.199 e. The zero-order valence-corrected chi connectivity index (χ0v) is 18.4. The SMILES string of the molecule is Fc1c(F)c(F)c2c(c1F)c1c(F)c(F)c(F)c(F)c1n1c3ccccc3nc1c1nc3ccccc3n12. The highest BCUT2D eigenvalue weighted by atomic mass is 19.2. The summed E-state index contributed by atoms with van der Waals surface area (Å²) in [4.78, 5) is 8.74. The summed E-state index contributed by atoms with van der Waals surface area (Å²) in [5.41, 5.74) is -2.56. The van der Waals surface area contributed by atoms with Crippen molar-refractivity contribution in [2.75, 3.05) is 0 Å². The molecule has 3 aromatic heterocycles. The highest BCUT2D eigenvalue weighted by Crippen LogP contribution is 2.38. The van der Waals surface area contributed by atoms with Crippen molar-refractivity contribution in [3.63, 3.8) is 0 Å². The minimum absolute atomic E-state index is 0.0265. The molecule has 0 atom stereocenters. The van der Waals surface area contributed by atoms with Gasteiger partial charge in [-0.3, -0.25) is 8.80 Å². The van der Waals surface area contributed by atoms with Crippen LogP contribution in [0.3, 0.4) is 0 Å². The summed E-state index contributed by atoms with van der Waals surface area (Å²) in [6.07, 6.45) is 0. The van der Waals surface area contributed by atoms with Gasteiger partial charge in [0.15, 0.2) is 57.8 Å². The molecular formula is C26H8F8N4. The first-order chi connectivity index (χ1) is 18.2. The summed E-state index contributed by atoms with van der Waals surface area (Å²) >= 11 is 0. The zero-order chi connectivity index (χ0) is 26.6. The third kappa shape index (κ3) is 2.58. The van der Waals surface area contributed by atoms with E-state index in [1.807, 2.05) is 0 Å². The molecule has 0 aliphatic rings. The molecule has 0 N–H and O–H groups in total. The van der Waals surface area contributed by atoms with Gasteiger partial charge in [0.1, 0.15) is 0 Å². The number of hydrogen-bond acceptors (Lipinski definition) is 2. The maximum atomic E-state index is 15.6. The van der Waals surface area contributed by atoms with Crippen molar-refractivity contribution in [3.05, 3.63) is 95.1 Å². The van der Waals surface area contributed by atoms with E-state index in [0.29, 0.717) is 0 Å². The molecule has 0 saturated carbocycles. The van der Waals surface area contributed by atoms with Gasteiger partial charge in [-0.2, -0.15) is 0 Å². The fraction of sp³-hybridized carbons (Fsp3) is 0. The average Bonchev–Trinajstić information content (AvgIpc) is 3.48. The van der Waals surface area contributed by atoms with Crippen molar-refractivity contribution in [1.29, 1.82) is 0 Å². The molecule has 12 heteroatoms. The summed E-state index contributed by atoms with van der Waals surface area (Å²) in [6.45, 7) is 0. The van der Waals surface area contributed by atoms with Crippen molar-refractivity contribution in [3.8, 4) is 0 Å². The van der Waals surface area contributed by atoms with E-state index in [-0.39, 0.29) is 33.4 Å². The molecule has 0 aliphatic heterocycles. The van der Waals surface area contributed by atoms with Gasteiger partial charge < -0.3 is 0 Å². The number of benzene rings is 4. The number of imidazole rings is 2. The van der Waals surface area contributed by atoms with Crippen LogP contribution in [0.25, 0.3) is 55.2 Å². The van der Waals surface area contributed by atoms with Crippen LogP contribution < -0.4 is 0 Å². The predicted octanol–water partition coefficient (Wildman–Crippen LogP) is 7.27. The number of halogens is 8. The zero-order valence-electron chi connectivity index (χ0n) is 18.4. The highest BCUT2D eigenvalue weighted by Gasteiger charge is 2.31. The Labute approximate surface area is 204 Å². The van der Waals surface area contributed by atoms with Gasteiger partial charge in [0.25, 0.3) is 0 Å². The molecule has 0 aliphatic carbocycles. The van der Waals surface area contributed by atoms with Crippen LogP contribution in [-0.4, -0.2) is 18.8 Å². The minimum atomic E-state index is -2.36. The lowest BCUT2D eigenvalue weighted by Gasteiger charge is -2.13. The number of rotatable bonds is 0. The Balaban J connectivity index is 2.08. The largest absolute Gasteiger partial charge is 0.286 e. The van der Waals surface area contributed by atoms with Gasteiger partial charge in [-0.1, -0.05) is 24.3 Å². The van der Waals surface area contributed by atoms with E-state index in [4.69, 9.17) is 0 Å². The van der Waals surface area contributed by atoms with Crippen molar-refractivity contribution >= 4 is 55.2 Å². The molecule has 7 aromatic rings. The first-order valence-corrected chi connectivity index (χ1v) is 10.9. The van der Waals surface area contributed by atoms with E-state index in [1.165, 1.54) is 36.4 Å². The molecule has 7 rings (SSSR count). The molecule has 0 bridgehead atoms. The van der Waals surface area contributed by atoms with Crippen LogP contribution in [0.1, 0.15) is 0 Å². The third-order valence-electron chi connectivity index (χ3n) is 6.50. The Hall–Kier alpha value is -4.74. The quantitative estimate of drug-likeness (QED) is 0.118. The molecule has 0 saturated heterocycles. The van der Waals surface area contributed by atoms with Gasteiger partial charge in [0, 0.05) is 0 Å². The average molecular weight is 528 g/mol. The lowest BCUT2D eigenvalue weighted by atomic mass is 10.1. The fourth-order valence-electron chi connectivity index (χ4n) is 4.92. The van der Waals surface area contributed by atoms with Gasteiger partial charge in [-0.05, 0) is 24.3 Å². The first kappa shape index (κ1) is 22.5. The van der Waals surface area contributed by atoms with Gasteiger partial charge in [-0.15, -0.1) is 0 Å².